The van der Waals surface area contributed by atoms with Crippen molar-refractivity contribution in [1.29, 1.82) is 0 Å². The van der Waals surface area contributed by atoms with Gasteiger partial charge in [-0.3, -0.25) is 4.79 Å². The van der Waals surface area contributed by atoms with Crippen LogP contribution in [0, 0.1) is 0 Å². The van der Waals surface area contributed by atoms with Crippen molar-refractivity contribution in [3.05, 3.63) is 35.4 Å². The topological polar surface area (TPSA) is 116 Å². The van der Waals surface area contributed by atoms with Crippen molar-refractivity contribution in [3.63, 3.8) is 0 Å². The summed E-state index contributed by atoms with van der Waals surface area (Å²) < 4.78 is 25.3. The lowest BCUT2D eigenvalue weighted by molar-refractivity contribution is -0.122. The molecule has 0 aliphatic carbocycles. The quantitative estimate of drug-likeness (QED) is 0.538. The fourth-order valence-electron chi connectivity index (χ4n) is 2.05. The Morgan fingerprint density at radius 2 is 2.09 bits per heavy atom. The van der Waals surface area contributed by atoms with E-state index in [2.05, 4.69) is 20.7 Å². The highest BCUT2D eigenvalue weighted by atomic mass is 32.2. The van der Waals surface area contributed by atoms with Gasteiger partial charge >= 0.3 is 6.03 Å². The molecule has 8 nitrogen and oxygen atoms in total. The van der Waals surface area contributed by atoms with Gasteiger partial charge in [0.05, 0.1) is 5.75 Å². The number of sulfonamides is 1. The van der Waals surface area contributed by atoms with Gasteiger partial charge in [0.2, 0.25) is 15.9 Å². The highest BCUT2D eigenvalue weighted by Gasteiger charge is 2.26. The molecule has 1 saturated heterocycles. The highest BCUT2D eigenvalue weighted by Crippen LogP contribution is 2.08. The molecular formula is C13H18N4O4S. The summed E-state index contributed by atoms with van der Waals surface area (Å²) in [7, 11) is -1.97. The summed E-state index contributed by atoms with van der Waals surface area (Å²) in [4.78, 5) is 22.8. The number of hydrogen-bond acceptors (Lipinski definition) is 4. The SMILES string of the molecule is CNS(=O)(=O)Cc1cccc(CNC(=O)C2CNC(=O)N2)c1. The minimum atomic E-state index is -3.33. The van der Waals surface area contributed by atoms with Gasteiger partial charge in [-0.1, -0.05) is 24.3 Å². The average molecular weight is 326 g/mol. The summed E-state index contributed by atoms with van der Waals surface area (Å²) in [6.07, 6.45) is 0. The number of benzene rings is 1. The van der Waals surface area contributed by atoms with Gasteiger partial charge in [-0.15, -0.1) is 0 Å². The van der Waals surface area contributed by atoms with Crippen LogP contribution in [0.2, 0.25) is 0 Å². The molecule has 1 aliphatic rings. The first-order valence-corrected chi connectivity index (χ1v) is 8.36. The molecule has 3 amide bonds. The molecule has 4 N–H and O–H groups in total. The number of urea groups is 1. The molecular weight excluding hydrogens is 308 g/mol. The van der Waals surface area contributed by atoms with E-state index < -0.39 is 16.1 Å². The Kier molecular flexibility index (Phi) is 4.99. The van der Waals surface area contributed by atoms with Crippen LogP contribution in [0.4, 0.5) is 4.79 Å². The molecule has 1 aromatic rings. The number of carbonyl (C=O) groups excluding carboxylic acids is 2. The van der Waals surface area contributed by atoms with Crippen LogP contribution in [-0.2, 0) is 27.1 Å². The van der Waals surface area contributed by atoms with Crippen molar-refractivity contribution in [2.45, 2.75) is 18.3 Å². The van der Waals surface area contributed by atoms with Crippen molar-refractivity contribution < 1.29 is 18.0 Å². The molecule has 1 fully saturated rings. The fourth-order valence-corrected chi connectivity index (χ4v) is 2.81. The van der Waals surface area contributed by atoms with E-state index in [0.717, 1.165) is 5.56 Å². The number of rotatable bonds is 6. The summed E-state index contributed by atoms with van der Waals surface area (Å²) in [5, 5.41) is 7.70. The first-order chi connectivity index (χ1) is 10.4. The molecule has 0 spiro atoms. The van der Waals surface area contributed by atoms with Crippen LogP contribution in [-0.4, -0.2) is 40.0 Å². The third-order valence-corrected chi connectivity index (χ3v) is 4.55. The molecule has 0 bridgehead atoms. The second kappa shape index (κ2) is 6.75. The maximum atomic E-state index is 11.9. The predicted octanol–water partition coefficient (Wildman–Crippen LogP) is -0.967. The van der Waals surface area contributed by atoms with E-state index in [4.69, 9.17) is 0 Å². The van der Waals surface area contributed by atoms with Gasteiger partial charge in [-0.25, -0.2) is 17.9 Å². The van der Waals surface area contributed by atoms with E-state index in [9.17, 15) is 18.0 Å². The van der Waals surface area contributed by atoms with Crippen molar-refractivity contribution in [2.24, 2.45) is 0 Å². The normalized spacial score (nSPS) is 17.7. The maximum Gasteiger partial charge on any atom is 0.315 e. The molecule has 1 atom stereocenters. The monoisotopic (exact) mass is 326 g/mol. The van der Waals surface area contributed by atoms with Crippen LogP contribution >= 0.6 is 0 Å². The number of carbonyl (C=O) groups is 2. The summed E-state index contributed by atoms with van der Waals surface area (Å²) in [5.74, 6) is -0.403. The molecule has 1 unspecified atom stereocenters. The van der Waals surface area contributed by atoms with Gasteiger partial charge in [0.1, 0.15) is 6.04 Å². The smallest absolute Gasteiger partial charge is 0.315 e. The number of amides is 3. The van der Waals surface area contributed by atoms with Crippen molar-refractivity contribution >= 4 is 22.0 Å². The molecule has 0 saturated carbocycles. The maximum absolute atomic E-state index is 11.9. The third kappa shape index (κ3) is 4.43. The van der Waals surface area contributed by atoms with Gasteiger partial charge in [0.15, 0.2) is 0 Å². The van der Waals surface area contributed by atoms with Crippen LogP contribution < -0.4 is 20.7 Å². The standard InChI is InChI=1S/C13H18N4O4S/c1-14-22(20,21)8-10-4-2-3-9(5-10)6-15-12(18)11-7-16-13(19)17-11/h2-5,11,14H,6-8H2,1H3,(H,15,18)(H2,16,17,19). The second-order valence-corrected chi connectivity index (χ2v) is 6.83. The largest absolute Gasteiger partial charge is 0.350 e. The summed E-state index contributed by atoms with van der Waals surface area (Å²) in [6.45, 7) is 0.518. The first-order valence-electron chi connectivity index (χ1n) is 6.71. The molecule has 22 heavy (non-hydrogen) atoms. The van der Waals surface area contributed by atoms with E-state index in [0.29, 0.717) is 5.56 Å². The van der Waals surface area contributed by atoms with Crippen molar-refractivity contribution in [3.8, 4) is 0 Å². The summed E-state index contributed by atoms with van der Waals surface area (Å²) >= 11 is 0. The first kappa shape index (κ1) is 16.2. The Morgan fingerprint density at radius 1 is 1.36 bits per heavy atom. The van der Waals surface area contributed by atoms with Gasteiger partial charge in [-0.2, -0.15) is 0 Å². The van der Waals surface area contributed by atoms with Crippen molar-refractivity contribution in [2.75, 3.05) is 13.6 Å². The molecule has 120 valence electrons. The summed E-state index contributed by atoms with van der Waals surface area (Å²) in [6, 6.07) is 6.02. The van der Waals surface area contributed by atoms with E-state index in [1.807, 2.05) is 0 Å². The van der Waals surface area contributed by atoms with Gasteiger partial charge < -0.3 is 16.0 Å². The molecule has 2 rings (SSSR count). The Labute approximate surface area is 128 Å². The zero-order chi connectivity index (χ0) is 16.2. The Hall–Kier alpha value is -2.13. The zero-order valence-corrected chi connectivity index (χ0v) is 12.9. The molecule has 0 aromatic heterocycles. The zero-order valence-electron chi connectivity index (χ0n) is 12.0. The summed E-state index contributed by atoms with van der Waals surface area (Å²) in [5.41, 5.74) is 1.42. The lowest BCUT2D eigenvalue weighted by Crippen LogP contribution is -2.42. The van der Waals surface area contributed by atoms with Crippen LogP contribution in [0.25, 0.3) is 0 Å². The van der Waals surface area contributed by atoms with Crippen LogP contribution in [0.5, 0.6) is 0 Å². The number of hydrogen-bond donors (Lipinski definition) is 4. The minimum absolute atomic E-state index is 0.117. The van der Waals surface area contributed by atoms with E-state index in [1.54, 1.807) is 24.3 Å². The average Bonchev–Trinajstić information content (AvgIpc) is 2.91. The minimum Gasteiger partial charge on any atom is -0.350 e. The van der Waals surface area contributed by atoms with Crippen LogP contribution in [0.15, 0.2) is 24.3 Å². The predicted molar refractivity (Wildman–Crippen MR) is 80.3 cm³/mol. The van der Waals surface area contributed by atoms with E-state index in [1.165, 1.54) is 7.05 Å². The van der Waals surface area contributed by atoms with Gasteiger partial charge in [0.25, 0.3) is 0 Å². The Balaban J connectivity index is 1.93. The highest BCUT2D eigenvalue weighted by molar-refractivity contribution is 7.88. The molecule has 9 heteroatoms. The van der Waals surface area contributed by atoms with Gasteiger partial charge in [-0.05, 0) is 18.2 Å². The van der Waals surface area contributed by atoms with Gasteiger partial charge in [0, 0.05) is 13.1 Å². The van der Waals surface area contributed by atoms with E-state index in [-0.39, 0.29) is 30.8 Å². The van der Waals surface area contributed by atoms with E-state index >= 15 is 0 Å². The molecule has 1 aliphatic heterocycles. The lowest BCUT2D eigenvalue weighted by Gasteiger charge is -2.11. The lowest BCUT2D eigenvalue weighted by atomic mass is 10.1. The third-order valence-electron chi connectivity index (χ3n) is 3.21. The molecule has 0 radical (unpaired) electrons. The van der Waals surface area contributed by atoms with Crippen molar-refractivity contribution in [1.82, 2.24) is 20.7 Å². The Morgan fingerprint density at radius 3 is 2.73 bits per heavy atom. The Bertz CT molecular complexity index is 674. The van der Waals surface area contributed by atoms with Crippen LogP contribution in [0.1, 0.15) is 11.1 Å². The van der Waals surface area contributed by atoms with Crippen LogP contribution in [0.3, 0.4) is 0 Å². The molecule has 1 aromatic carbocycles. The fraction of sp³-hybridized carbons (Fsp3) is 0.385. The molecule has 1 heterocycles. The number of nitrogens with one attached hydrogen (secondary N) is 4. The second-order valence-electron chi connectivity index (χ2n) is 4.91.